The molecule has 2 aromatic heterocycles. The second-order valence-electron chi connectivity index (χ2n) is 5.20. The van der Waals surface area contributed by atoms with E-state index in [1.165, 1.54) is 4.70 Å². The predicted octanol–water partition coefficient (Wildman–Crippen LogP) is 2.35. The van der Waals surface area contributed by atoms with Crippen LogP contribution in [0.25, 0.3) is 16.2 Å². The third-order valence-corrected chi connectivity index (χ3v) is 4.73. The van der Waals surface area contributed by atoms with Crippen molar-refractivity contribution in [2.75, 3.05) is 25.4 Å². The van der Waals surface area contributed by atoms with Gasteiger partial charge in [0, 0.05) is 41.5 Å². The van der Waals surface area contributed by atoms with Gasteiger partial charge in [0.05, 0.1) is 6.10 Å². The molecule has 2 aromatic rings. The standard InChI is InChI=1S/C15H19N3OS/c16-15-13-5-9-20-14(13)11(10-17-15)2-1-6-18-7-3-12(19)4-8-18/h1-2,5,9-10,12,19H,3-4,6-8H2,(H2,16,17)/b2-1+. The lowest BCUT2D eigenvalue weighted by atomic mass is 10.1. The number of hydrogen-bond acceptors (Lipinski definition) is 5. The molecule has 4 nitrogen and oxygen atoms in total. The van der Waals surface area contributed by atoms with Gasteiger partial charge < -0.3 is 10.8 Å². The average molecular weight is 289 g/mol. The molecule has 0 aromatic carbocycles. The lowest BCUT2D eigenvalue weighted by Crippen LogP contribution is -2.35. The number of likely N-dealkylation sites (tertiary alicyclic amines) is 1. The van der Waals surface area contributed by atoms with E-state index in [2.05, 4.69) is 22.0 Å². The highest BCUT2D eigenvalue weighted by atomic mass is 32.1. The molecule has 0 aliphatic carbocycles. The minimum atomic E-state index is -0.109. The number of hydrogen-bond donors (Lipinski definition) is 2. The number of aromatic nitrogens is 1. The lowest BCUT2D eigenvalue weighted by molar-refractivity contribution is 0.0881. The molecule has 5 heteroatoms. The maximum absolute atomic E-state index is 9.49. The van der Waals surface area contributed by atoms with Crippen molar-refractivity contribution in [2.24, 2.45) is 0 Å². The molecule has 0 radical (unpaired) electrons. The SMILES string of the molecule is Nc1ncc(/C=C/CN2CCC(O)CC2)c2sccc12. The topological polar surface area (TPSA) is 62.4 Å². The highest BCUT2D eigenvalue weighted by molar-refractivity contribution is 7.17. The van der Waals surface area contributed by atoms with Crippen LogP contribution < -0.4 is 5.73 Å². The third kappa shape index (κ3) is 2.85. The van der Waals surface area contributed by atoms with Crippen LogP contribution in [0.4, 0.5) is 5.82 Å². The molecule has 0 spiro atoms. The van der Waals surface area contributed by atoms with E-state index in [1.807, 2.05) is 17.6 Å². The molecule has 3 rings (SSSR count). The molecule has 106 valence electrons. The molecule has 1 fully saturated rings. The lowest BCUT2D eigenvalue weighted by Gasteiger charge is -2.28. The van der Waals surface area contributed by atoms with Gasteiger partial charge in [-0.05, 0) is 24.3 Å². The second-order valence-corrected chi connectivity index (χ2v) is 6.11. The Hall–Kier alpha value is -1.43. The van der Waals surface area contributed by atoms with Crippen LogP contribution in [-0.2, 0) is 0 Å². The zero-order valence-corrected chi connectivity index (χ0v) is 12.1. The number of nitrogens with zero attached hydrogens (tertiary/aromatic N) is 2. The van der Waals surface area contributed by atoms with Crippen LogP contribution in [0, 0.1) is 0 Å². The molecule has 3 N–H and O–H groups in total. The Balaban J connectivity index is 1.68. The van der Waals surface area contributed by atoms with Gasteiger partial charge in [-0.25, -0.2) is 4.98 Å². The summed E-state index contributed by atoms with van der Waals surface area (Å²) in [6.45, 7) is 2.86. The maximum atomic E-state index is 9.49. The van der Waals surface area contributed by atoms with E-state index in [9.17, 15) is 5.11 Å². The van der Waals surface area contributed by atoms with Crippen molar-refractivity contribution in [1.82, 2.24) is 9.88 Å². The summed E-state index contributed by atoms with van der Waals surface area (Å²) in [5, 5.41) is 12.6. The van der Waals surface area contributed by atoms with Crippen LogP contribution in [0.5, 0.6) is 0 Å². The van der Waals surface area contributed by atoms with Gasteiger partial charge >= 0.3 is 0 Å². The summed E-state index contributed by atoms with van der Waals surface area (Å²) in [5.74, 6) is 0.600. The molecule has 3 heterocycles. The molecule has 0 amide bonds. The smallest absolute Gasteiger partial charge is 0.132 e. The number of thiophene rings is 1. The zero-order chi connectivity index (χ0) is 13.9. The number of fused-ring (bicyclic) bond motifs is 1. The average Bonchev–Trinajstić information content (AvgIpc) is 2.94. The van der Waals surface area contributed by atoms with Crippen LogP contribution in [-0.4, -0.2) is 40.7 Å². The summed E-state index contributed by atoms with van der Waals surface area (Å²) >= 11 is 1.70. The van der Waals surface area contributed by atoms with Gasteiger partial charge in [-0.1, -0.05) is 12.2 Å². The number of nitrogens with two attached hydrogens (primary N) is 1. The third-order valence-electron chi connectivity index (χ3n) is 3.76. The number of rotatable bonds is 3. The van der Waals surface area contributed by atoms with Crippen LogP contribution in [0.1, 0.15) is 18.4 Å². The van der Waals surface area contributed by atoms with Gasteiger partial charge in [-0.15, -0.1) is 11.3 Å². The van der Waals surface area contributed by atoms with Crippen LogP contribution >= 0.6 is 11.3 Å². The summed E-state index contributed by atoms with van der Waals surface area (Å²) < 4.78 is 1.20. The van der Waals surface area contributed by atoms with Gasteiger partial charge in [0.2, 0.25) is 0 Å². The van der Waals surface area contributed by atoms with Crippen LogP contribution in [0.3, 0.4) is 0 Å². The molecule has 20 heavy (non-hydrogen) atoms. The summed E-state index contributed by atoms with van der Waals surface area (Å²) in [6.07, 6.45) is 7.78. The monoisotopic (exact) mass is 289 g/mol. The fraction of sp³-hybridized carbons (Fsp3) is 0.400. The molecule has 1 aliphatic heterocycles. The zero-order valence-electron chi connectivity index (χ0n) is 11.3. The van der Waals surface area contributed by atoms with Crippen molar-refractivity contribution in [3.63, 3.8) is 0 Å². The first kappa shape index (κ1) is 13.5. The number of aliphatic hydroxyl groups is 1. The summed E-state index contributed by atoms with van der Waals surface area (Å²) in [5.41, 5.74) is 6.99. The van der Waals surface area contributed by atoms with E-state index < -0.39 is 0 Å². The highest BCUT2D eigenvalue weighted by Crippen LogP contribution is 2.28. The minimum Gasteiger partial charge on any atom is -0.393 e. The Kier molecular flexibility index (Phi) is 4.00. The molecule has 0 unspecified atom stereocenters. The van der Waals surface area contributed by atoms with Crippen molar-refractivity contribution in [2.45, 2.75) is 18.9 Å². The number of piperidine rings is 1. The van der Waals surface area contributed by atoms with Gasteiger partial charge in [-0.3, -0.25) is 4.90 Å². The van der Waals surface area contributed by atoms with E-state index in [-0.39, 0.29) is 6.10 Å². The molecule has 1 aliphatic rings. The maximum Gasteiger partial charge on any atom is 0.132 e. The first-order valence-corrected chi connectivity index (χ1v) is 7.80. The highest BCUT2D eigenvalue weighted by Gasteiger charge is 2.15. The van der Waals surface area contributed by atoms with E-state index in [0.717, 1.165) is 43.4 Å². The van der Waals surface area contributed by atoms with E-state index in [1.54, 1.807) is 11.3 Å². The molecule has 0 saturated carbocycles. The Morgan fingerprint density at radius 3 is 3.05 bits per heavy atom. The van der Waals surface area contributed by atoms with Crippen molar-refractivity contribution in [1.29, 1.82) is 0 Å². The molecular weight excluding hydrogens is 270 g/mol. The van der Waals surface area contributed by atoms with Crippen molar-refractivity contribution in [3.05, 3.63) is 29.3 Å². The number of aliphatic hydroxyl groups excluding tert-OH is 1. The number of anilines is 1. The molecular formula is C15H19N3OS. The summed E-state index contributed by atoms with van der Waals surface area (Å²) in [7, 11) is 0. The van der Waals surface area contributed by atoms with Crippen LogP contribution in [0.15, 0.2) is 23.7 Å². The van der Waals surface area contributed by atoms with Gasteiger partial charge in [0.25, 0.3) is 0 Å². The van der Waals surface area contributed by atoms with Gasteiger partial charge in [0.15, 0.2) is 0 Å². The molecule has 0 atom stereocenters. The minimum absolute atomic E-state index is 0.109. The quantitative estimate of drug-likeness (QED) is 0.910. The first-order chi connectivity index (χ1) is 9.74. The van der Waals surface area contributed by atoms with Crippen molar-refractivity contribution in [3.8, 4) is 0 Å². The fourth-order valence-corrected chi connectivity index (χ4v) is 3.45. The summed E-state index contributed by atoms with van der Waals surface area (Å²) in [6, 6.07) is 2.02. The Morgan fingerprint density at radius 2 is 2.25 bits per heavy atom. The van der Waals surface area contributed by atoms with Gasteiger partial charge in [0.1, 0.15) is 5.82 Å². The first-order valence-electron chi connectivity index (χ1n) is 6.92. The largest absolute Gasteiger partial charge is 0.393 e. The van der Waals surface area contributed by atoms with Crippen LogP contribution in [0.2, 0.25) is 0 Å². The molecule has 1 saturated heterocycles. The number of nitrogen functional groups attached to an aromatic ring is 1. The predicted molar refractivity (Wildman–Crippen MR) is 84.7 cm³/mol. The van der Waals surface area contributed by atoms with Crippen molar-refractivity contribution < 1.29 is 5.11 Å². The Bertz CT molecular complexity index is 615. The van der Waals surface area contributed by atoms with E-state index in [4.69, 9.17) is 5.73 Å². The fourth-order valence-electron chi connectivity index (χ4n) is 2.55. The van der Waals surface area contributed by atoms with E-state index >= 15 is 0 Å². The Labute approximate surface area is 122 Å². The normalized spacial score (nSPS) is 18.2. The number of pyridine rings is 1. The van der Waals surface area contributed by atoms with E-state index in [0.29, 0.717) is 5.82 Å². The van der Waals surface area contributed by atoms with Crippen molar-refractivity contribution >= 4 is 33.3 Å². The molecule has 0 bridgehead atoms. The summed E-state index contributed by atoms with van der Waals surface area (Å²) in [4.78, 5) is 6.60. The van der Waals surface area contributed by atoms with Gasteiger partial charge in [-0.2, -0.15) is 0 Å². The Morgan fingerprint density at radius 1 is 1.45 bits per heavy atom. The second kappa shape index (κ2) is 5.91.